The van der Waals surface area contributed by atoms with Crippen LogP contribution in [0.3, 0.4) is 0 Å². The van der Waals surface area contributed by atoms with E-state index < -0.39 is 6.09 Å². The van der Waals surface area contributed by atoms with Crippen molar-refractivity contribution >= 4 is 23.6 Å². The standard InChI is InChI=1S/C21H41ClN2O9/c22-5-3-1-2-4-8-28-11-12-29-9-6-23-20(25)19-33-18-17-32-16-15-31-14-13-30-10-7-24-21(26)27/h24H,1-19H2,(H,23,25)(H,26,27). The first kappa shape index (κ1) is 31.8. The number of hydrogen-bond acceptors (Lipinski definition) is 8. The van der Waals surface area contributed by atoms with Crippen LogP contribution in [0, 0.1) is 0 Å². The summed E-state index contributed by atoms with van der Waals surface area (Å²) in [6.45, 7) is 5.45. The molecule has 0 aromatic heterocycles. The topological polar surface area (TPSA) is 134 Å². The van der Waals surface area contributed by atoms with Gasteiger partial charge in [-0.15, -0.1) is 11.6 Å². The molecule has 0 aliphatic carbocycles. The zero-order valence-corrected chi connectivity index (χ0v) is 20.3. The van der Waals surface area contributed by atoms with E-state index in [0.717, 1.165) is 38.2 Å². The summed E-state index contributed by atoms with van der Waals surface area (Å²) >= 11 is 5.62. The number of ether oxygens (including phenoxy) is 6. The fraction of sp³-hybridized carbons (Fsp3) is 0.905. The molecule has 0 aliphatic heterocycles. The minimum atomic E-state index is -1.07. The van der Waals surface area contributed by atoms with Gasteiger partial charge in [0.1, 0.15) is 6.61 Å². The van der Waals surface area contributed by atoms with Gasteiger partial charge in [0.15, 0.2) is 0 Å². The van der Waals surface area contributed by atoms with E-state index in [4.69, 9.17) is 45.1 Å². The van der Waals surface area contributed by atoms with E-state index in [1.807, 2.05) is 0 Å². The molecule has 3 N–H and O–H groups in total. The lowest BCUT2D eigenvalue weighted by atomic mass is 10.2. The van der Waals surface area contributed by atoms with E-state index in [1.165, 1.54) is 0 Å². The van der Waals surface area contributed by atoms with Gasteiger partial charge in [-0.05, 0) is 12.8 Å². The average molecular weight is 501 g/mol. The molecule has 0 saturated carbocycles. The Kier molecular flexibility index (Phi) is 26.0. The van der Waals surface area contributed by atoms with Crippen molar-refractivity contribution in [2.24, 2.45) is 0 Å². The number of amides is 2. The number of halogens is 1. The number of carbonyl (C=O) groups excluding carboxylic acids is 1. The van der Waals surface area contributed by atoms with E-state index in [1.54, 1.807) is 0 Å². The average Bonchev–Trinajstić information content (AvgIpc) is 2.79. The third-order valence-corrected chi connectivity index (χ3v) is 4.25. The third kappa shape index (κ3) is 28.8. The molecule has 0 aromatic carbocycles. The molecule has 0 unspecified atom stereocenters. The summed E-state index contributed by atoms with van der Waals surface area (Å²) in [4.78, 5) is 21.8. The van der Waals surface area contributed by atoms with Crippen molar-refractivity contribution in [3.63, 3.8) is 0 Å². The molecule has 0 aliphatic rings. The van der Waals surface area contributed by atoms with E-state index in [-0.39, 0.29) is 19.1 Å². The van der Waals surface area contributed by atoms with Gasteiger partial charge in [-0.2, -0.15) is 0 Å². The number of nitrogens with one attached hydrogen (secondary N) is 2. The molecular weight excluding hydrogens is 460 g/mol. The molecule has 0 heterocycles. The van der Waals surface area contributed by atoms with E-state index >= 15 is 0 Å². The van der Waals surface area contributed by atoms with Crippen LogP contribution in [0.1, 0.15) is 25.7 Å². The summed E-state index contributed by atoms with van der Waals surface area (Å²) < 4.78 is 31.9. The highest BCUT2D eigenvalue weighted by Gasteiger charge is 2.01. The van der Waals surface area contributed by atoms with Crippen LogP contribution in [0.15, 0.2) is 0 Å². The molecule has 0 radical (unpaired) electrons. The Hall–Kier alpha value is -1.21. The zero-order chi connectivity index (χ0) is 24.2. The highest BCUT2D eigenvalue weighted by atomic mass is 35.5. The summed E-state index contributed by atoms with van der Waals surface area (Å²) in [5, 5.41) is 13.3. The Balaban J connectivity index is 3.15. The second kappa shape index (κ2) is 27.0. The molecule has 12 heteroatoms. The van der Waals surface area contributed by atoms with Crippen LogP contribution < -0.4 is 10.6 Å². The van der Waals surface area contributed by atoms with Gasteiger partial charge in [-0.1, -0.05) is 12.8 Å². The Bertz CT molecular complexity index is 448. The van der Waals surface area contributed by atoms with Crippen LogP contribution in [-0.4, -0.2) is 115 Å². The van der Waals surface area contributed by atoms with Gasteiger partial charge >= 0.3 is 6.09 Å². The van der Waals surface area contributed by atoms with Crippen molar-refractivity contribution in [1.29, 1.82) is 0 Å². The maximum absolute atomic E-state index is 11.6. The lowest BCUT2D eigenvalue weighted by Crippen LogP contribution is -2.31. The predicted octanol–water partition coefficient (Wildman–Crippen LogP) is 1.27. The van der Waals surface area contributed by atoms with Crippen molar-refractivity contribution in [2.45, 2.75) is 25.7 Å². The summed E-state index contributed by atoms with van der Waals surface area (Å²) in [7, 11) is 0. The maximum atomic E-state index is 11.6. The first-order chi connectivity index (χ1) is 16.2. The number of unbranched alkanes of at least 4 members (excludes halogenated alkanes) is 3. The Labute approximate surface area is 201 Å². The van der Waals surface area contributed by atoms with Crippen molar-refractivity contribution in [1.82, 2.24) is 10.6 Å². The van der Waals surface area contributed by atoms with E-state index in [0.29, 0.717) is 72.6 Å². The minimum absolute atomic E-state index is 0.0270. The smallest absolute Gasteiger partial charge is 0.404 e. The number of alkyl halides is 1. The first-order valence-electron chi connectivity index (χ1n) is 11.4. The maximum Gasteiger partial charge on any atom is 0.404 e. The zero-order valence-electron chi connectivity index (χ0n) is 19.5. The molecule has 0 spiro atoms. The van der Waals surface area contributed by atoms with Crippen LogP contribution in [0.4, 0.5) is 4.79 Å². The number of carbonyl (C=O) groups is 2. The molecule has 0 fully saturated rings. The summed E-state index contributed by atoms with van der Waals surface area (Å²) in [6, 6.07) is 0. The van der Waals surface area contributed by atoms with Gasteiger partial charge < -0.3 is 44.2 Å². The predicted molar refractivity (Wildman–Crippen MR) is 123 cm³/mol. The monoisotopic (exact) mass is 500 g/mol. The third-order valence-electron chi connectivity index (χ3n) is 3.98. The molecular formula is C21H41ClN2O9. The highest BCUT2D eigenvalue weighted by molar-refractivity contribution is 6.17. The summed E-state index contributed by atoms with van der Waals surface area (Å²) in [6.07, 6.45) is 3.31. The largest absolute Gasteiger partial charge is 0.465 e. The van der Waals surface area contributed by atoms with Crippen molar-refractivity contribution < 1.29 is 43.1 Å². The van der Waals surface area contributed by atoms with Gasteiger partial charge in [0.05, 0.1) is 66.1 Å². The fourth-order valence-electron chi connectivity index (χ4n) is 2.34. The summed E-state index contributed by atoms with van der Waals surface area (Å²) in [5.41, 5.74) is 0. The van der Waals surface area contributed by atoms with Crippen molar-refractivity contribution in [3.05, 3.63) is 0 Å². The molecule has 0 atom stereocenters. The molecule has 0 aromatic rings. The minimum Gasteiger partial charge on any atom is -0.465 e. The van der Waals surface area contributed by atoms with Gasteiger partial charge in [-0.25, -0.2) is 4.79 Å². The summed E-state index contributed by atoms with van der Waals surface area (Å²) in [5.74, 6) is 0.522. The van der Waals surface area contributed by atoms with Gasteiger partial charge in [0.25, 0.3) is 0 Å². The highest BCUT2D eigenvalue weighted by Crippen LogP contribution is 2.01. The van der Waals surface area contributed by atoms with Crippen molar-refractivity contribution in [3.8, 4) is 0 Å². The second-order valence-electron chi connectivity index (χ2n) is 6.80. The normalized spacial score (nSPS) is 10.9. The second-order valence-corrected chi connectivity index (χ2v) is 7.18. The van der Waals surface area contributed by atoms with Crippen LogP contribution in [0.25, 0.3) is 0 Å². The van der Waals surface area contributed by atoms with E-state index in [9.17, 15) is 9.59 Å². The van der Waals surface area contributed by atoms with Crippen LogP contribution in [0.5, 0.6) is 0 Å². The van der Waals surface area contributed by atoms with Crippen LogP contribution in [0.2, 0.25) is 0 Å². The SMILES string of the molecule is O=C(O)NCCOCCOCCOCCOCC(=O)NCCOCCOCCCCCCCl. The van der Waals surface area contributed by atoms with Crippen molar-refractivity contribution in [2.75, 3.05) is 98.3 Å². The Morgan fingerprint density at radius 2 is 1.03 bits per heavy atom. The fourth-order valence-corrected chi connectivity index (χ4v) is 2.53. The lowest BCUT2D eigenvalue weighted by Gasteiger charge is -2.09. The van der Waals surface area contributed by atoms with Crippen LogP contribution in [-0.2, 0) is 33.2 Å². The number of rotatable bonds is 26. The van der Waals surface area contributed by atoms with Crippen LogP contribution >= 0.6 is 11.6 Å². The Morgan fingerprint density at radius 1 is 0.576 bits per heavy atom. The molecule has 2 amide bonds. The molecule has 11 nitrogen and oxygen atoms in total. The van der Waals surface area contributed by atoms with E-state index in [2.05, 4.69) is 10.6 Å². The molecule has 33 heavy (non-hydrogen) atoms. The number of hydrogen-bond donors (Lipinski definition) is 3. The molecule has 0 saturated heterocycles. The molecule has 0 bridgehead atoms. The molecule has 196 valence electrons. The first-order valence-corrected chi connectivity index (χ1v) is 12.0. The quantitative estimate of drug-likeness (QED) is 0.118. The van der Waals surface area contributed by atoms with Gasteiger partial charge in [0.2, 0.25) is 5.91 Å². The lowest BCUT2D eigenvalue weighted by molar-refractivity contribution is -0.126. The molecule has 0 rings (SSSR count). The van der Waals surface area contributed by atoms with Gasteiger partial charge in [0, 0.05) is 25.6 Å². The number of carboxylic acid groups (broad SMARTS) is 1. The van der Waals surface area contributed by atoms with Gasteiger partial charge in [-0.3, -0.25) is 4.79 Å². The Morgan fingerprint density at radius 3 is 1.58 bits per heavy atom.